The van der Waals surface area contributed by atoms with Gasteiger partial charge in [0, 0.05) is 4.47 Å². The van der Waals surface area contributed by atoms with Gasteiger partial charge in [0.05, 0.1) is 0 Å². The highest BCUT2D eigenvalue weighted by molar-refractivity contribution is 9.10. The molecular weight excluding hydrogens is 163 g/mol. The molecule has 2 radical (unpaired) electrons. The Morgan fingerprint density at radius 3 is 2.50 bits per heavy atom. The topological polar surface area (TPSA) is 0 Å². The van der Waals surface area contributed by atoms with Gasteiger partial charge in [0.1, 0.15) is 7.85 Å². The highest BCUT2D eigenvalue weighted by Crippen LogP contribution is 2.03. The zero-order valence-corrected chi connectivity index (χ0v) is 5.85. The lowest BCUT2D eigenvalue weighted by Gasteiger charge is -1.89. The molecule has 0 amide bonds. The molecule has 0 spiro atoms. The molecule has 0 saturated carbocycles. The second kappa shape index (κ2) is 2.36. The number of rotatable bonds is 0. The molecule has 0 aromatic heterocycles. The van der Waals surface area contributed by atoms with E-state index in [4.69, 9.17) is 7.85 Å². The second-order valence-corrected chi connectivity index (χ2v) is 2.47. The summed E-state index contributed by atoms with van der Waals surface area (Å²) >= 11 is 3.28. The van der Waals surface area contributed by atoms with Gasteiger partial charge >= 0.3 is 0 Å². The Bertz CT molecular complexity index is 168. The lowest BCUT2D eigenvalue weighted by molar-refractivity contribution is 1.70. The molecule has 0 atom stereocenters. The fraction of sp³-hybridized carbons (Fsp3) is 0. The van der Waals surface area contributed by atoms with Gasteiger partial charge in [0.15, 0.2) is 0 Å². The van der Waals surface area contributed by atoms with Crippen molar-refractivity contribution in [1.29, 1.82) is 0 Å². The molecule has 0 aliphatic heterocycles. The molecule has 8 heavy (non-hydrogen) atoms. The van der Waals surface area contributed by atoms with Crippen LogP contribution in [0.25, 0.3) is 0 Å². The molecule has 0 aliphatic rings. The Hall–Kier alpha value is -0.235. The van der Waals surface area contributed by atoms with Crippen LogP contribution in [0.3, 0.4) is 0 Å². The van der Waals surface area contributed by atoms with Crippen LogP contribution in [0.15, 0.2) is 28.7 Å². The molecule has 0 aliphatic carbocycles. The van der Waals surface area contributed by atoms with Crippen LogP contribution >= 0.6 is 15.9 Å². The Morgan fingerprint density at radius 2 is 2.12 bits per heavy atom. The predicted molar refractivity (Wildman–Crippen MR) is 39.5 cm³/mol. The minimum atomic E-state index is 0.791. The summed E-state index contributed by atoms with van der Waals surface area (Å²) in [5.41, 5.74) is 0.791. The zero-order valence-electron chi connectivity index (χ0n) is 4.26. The lowest BCUT2D eigenvalue weighted by Crippen LogP contribution is -1.98. The van der Waals surface area contributed by atoms with Gasteiger partial charge in [-0.15, -0.1) is 0 Å². The quantitative estimate of drug-likeness (QED) is 0.509. The van der Waals surface area contributed by atoms with Crippen molar-refractivity contribution < 1.29 is 0 Å². The first-order valence-electron chi connectivity index (χ1n) is 2.30. The maximum absolute atomic E-state index is 5.43. The molecule has 1 rings (SSSR count). The highest BCUT2D eigenvalue weighted by Gasteiger charge is 1.82. The molecule has 0 bridgehead atoms. The van der Waals surface area contributed by atoms with E-state index in [-0.39, 0.29) is 0 Å². The van der Waals surface area contributed by atoms with E-state index in [1.807, 2.05) is 24.3 Å². The molecule has 2 heteroatoms. The summed E-state index contributed by atoms with van der Waals surface area (Å²) in [6.45, 7) is 0. The van der Waals surface area contributed by atoms with E-state index in [1.54, 1.807) is 0 Å². The Balaban J connectivity index is 3.08. The summed E-state index contributed by atoms with van der Waals surface area (Å²) in [7, 11) is 5.43. The maximum Gasteiger partial charge on any atom is 0.113 e. The van der Waals surface area contributed by atoms with Gasteiger partial charge in [-0.25, -0.2) is 0 Å². The van der Waals surface area contributed by atoms with Gasteiger partial charge in [0.2, 0.25) is 0 Å². The Morgan fingerprint density at radius 1 is 1.38 bits per heavy atom. The summed E-state index contributed by atoms with van der Waals surface area (Å²) in [5, 5.41) is 0. The molecule has 0 fully saturated rings. The van der Waals surface area contributed by atoms with Gasteiger partial charge < -0.3 is 0 Å². The van der Waals surface area contributed by atoms with E-state index < -0.39 is 0 Å². The van der Waals surface area contributed by atoms with E-state index in [2.05, 4.69) is 15.9 Å². The average Bonchev–Trinajstić information content (AvgIpc) is 1.64. The van der Waals surface area contributed by atoms with Crippen LogP contribution in [-0.4, -0.2) is 7.85 Å². The van der Waals surface area contributed by atoms with Crippen molar-refractivity contribution >= 4 is 29.2 Å². The number of benzene rings is 1. The van der Waals surface area contributed by atoms with Crippen molar-refractivity contribution in [3.63, 3.8) is 0 Å². The molecule has 1 aromatic rings. The third-order valence-corrected chi connectivity index (χ3v) is 1.34. The van der Waals surface area contributed by atoms with Crippen LogP contribution in [-0.2, 0) is 0 Å². The average molecular weight is 167 g/mol. The predicted octanol–water partition coefficient (Wildman–Crippen LogP) is 1.24. The van der Waals surface area contributed by atoms with Crippen molar-refractivity contribution in [3.8, 4) is 0 Å². The lowest BCUT2D eigenvalue weighted by atomic mass is 9.97. The molecule has 0 heterocycles. The fourth-order valence-electron chi connectivity index (χ4n) is 0.507. The van der Waals surface area contributed by atoms with Crippen molar-refractivity contribution in [1.82, 2.24) is 0 Å². The highest BCUT2D eigenvalue weighted by atomic mass is 79.9. The third kappa shape index (κ3) is 1.37. The van der Waals surface area contributed by atoms with Gasteiger partial charge in [0.25, 0.3) is 0 Å². The molecule has 0 nitrogen and oxygen atoms in total. The van der Waals surface area contributed by atoms with E-state index >= 15 is 0 Å². The smallest absolute Gasteiger partial charge is 0.0956 e. The van der Waals surface area contributed by atoms with Crippen molar-refractivity contribution in [3.05, 3.63) is 28.7 Å². The summed E-state index contributed by atoms with van der Waals surface area (Å²) in [4.78, 5) is 0. The SMILES string of the molecule is [B]c1cccc(Br)c1. The Labute approximate surface area is 58.5 Å². The third-order valence-electron chi connectivity index (χ3n) is 0.849. The van der Waals surface area contributed by atoms with Crippen LogP contribution in [0.4, 0.5) is 0 Å². The second-order valence-electron chi connectivity index (χ2n) is 1.56. The van der Waals surface area contributed by atoms with Crippen LogP contribution < -0.4 is 5.46 Å². The van der Waals surface area contributed by atoms with Crippen molar-refractivity contribution in [2.75, 3.05) is 0 Å². The molecule has 1 aromatic carbocycles. The fourth-order valence-corrected chi connectivity index (χ4v) is 0.924. The first-order valence-corrected chi connectivity index (χ1v) is 3.09. The minimum absolute atomic E-state index is 0.791. The van der Waals surface area contributed by atoms with Gasteiger partial charge in [-0.2, -0.15) is 0 Å². The summed E-state index contributed by atoms with van der Waals surface area (Å²) in [6.07, 6.45) is 0. The molecular formula is C6H4BBr. The number of halogens is 1. The summed E-state index contributed by atoms with van der Waals surface area (Å²) in [6, 6.07) is 7.56. The van der Waals surface area contributed by atoms with Crippen LogP contribution in [0.1, 0.15) is 0 Å². The monoisotopic (exact) mass is 166 g/mol. The molecule has 0 unspecified atom stereocenters. The Kier molecular flexibility index (Phi) is 1.74. The summed E-state index contributed by atoms with van der Waals surface area (Å²) < 4.78 is 1.03. The standard InChI is InChI=1S/C6H4BBr/c7-5-2-1-3-6(8)4-5/h1-4H. The number of hydrogen-bond acceptors (Lipinski definition) is 0. The van der Waals surface area contributed by atoms with Crippen LogP contribution in [0.2, 0.25) is 0 Å². The molecule has 0 N–H and O–H groups in total. The van der Waals surface area contributed by atoms with Crippen LogP contribution in [0, 0.1) is 0 Å². The van der Waals surface area contributed by atoms with Gasteiger partial charge in [-0.05, 0) is 6.07 Å². The first-order chi connectivity index (χ1) is 3.79. The van der Waals surface area contributed by atoms with Gasteiger partial charge in [-0.1, -0.05) is 39.6 Å². The van der Waals surface area contributed by atoms with E-state index in [9.17, 15) is 0 Å². The first kappa shape index (κ1) is 5.89. The molecule has 38 valence electrons. The normalized spacial score (nSPS) is 9.12. The molecule has 0 saturated heterocycles. The summed E-state index contributed by atoms with van der Waals surface area (Å²) in [5.74, 6) is 0. The largest absolute Gasteiger partial charge is 0.113 e. The van der Waals surface area contributed by atoms with E-state index in [0.717, 1.165) is 9.94 Å². The van der Waals surface area contributed by atoms with Crippen molar-refractivity contribution in [2.24, 2.45) is 0 Å². The minimum Gasteiger partial charge on any atom is -0.0956 e. The zero-order chi connectivity index (χ0) is 5.98. The van der Waals surface area contributed by atoms with E-state index in [1.165, 1.54) is 0 Å². The van der Waals surface area contributed by atoms with E-state index in [0.29, 0.717) is 0 Å². The van der Waals surface area contributed by atoms with Gasteiger partial charge in [-0.3, -0.25) is 0 Å². The maximum atomic E-state index is 5.43. The van der Waals surface area contributed by atoms with Crippen molar-refractivity contribution in [2.45, 2.75) is 0 Å². The number of hydrogen-bond donors (Lipinski definition) is 0. The van der Waals surface area contributed by atoms with Crippen LogP contribution in [0.5, 0.6) is 0 Å².